The fourth-order valence-corrected chi connectivity index (χ4v) is 4.79. The summed E-state index contributed by atoms with van der Waals surface area (Å²) in [5.74, 6) is 0.135. The molecule has 0 spiro atoms. The summed E-state index contributed by atoms with van der Waals surface area (Å²) in [6, 6.07) is 16.1. The number of rotatable bonds is 5. The van der Waals surface area contributed by atoms with Gasteiger partial charge in [0.05, 0.1) is 5.69 Å². The first-order chi connectivity index (χ1) is 14.1. The Labute approximate surface area is 175 Å². The monoisotopic (exact) mass is 407 g/mol. The van der Waals surface area contributed by atoms with Crippen LogP contribution in [0.15, 0.2) is 53.7 Å². The molecular weight excluding hydrogens is 382 g/mol. The summed E-state index contributed by atoms with van der Waals surface area (Å²) in [5, 5.41) is 12.6. The van der Waals surface area contributed by atoms with Crippen molar-refractivity contribution in [3.63, 3.8) is 0 Å². The van der Waals surface area contributed by atoms with Gasteiger partial charge < -0.3 is 4.90 Å². The molecule has 2 heterocycles. The Morgan fingerprint density at radius 1 is 1.03 bits per heavy atom. The Balaban J connectivity index is 1.67. The van der Waals surface area contributed by atoms with Crippen molar-refractivity contribution in [2.45, 2.75) is 43.5 Å². The smallest absolute Gasteiger partial charge is 0.240 e. The van der Waals surface area contributed by atoms with Crippen molar-refractivity contribution in [2.75, 3.05) is 13.1 Å². The summed E-state index contributed by atoms with van der Waals surface area (Å²) in [4.78, 5) is 15.4. The van der Waals surface area contributed by atoms with Gasteiger partial charge in [0.15, 0.2) is 0 Å². The SMILES string of the molecule is Cc1ccc(-n2nnnc2S[C@@H](C(=O)N2CCCCC2)c2ccccc2)c(C)c1. The molecule has 0 aliphatic carbocycles. The van der Waals surface area contributed by atoms with Crippen LogP contribution in [0.3, 0.4) is 0 Å². The van der Waals surface area contributed by atoms with Gasteiger partial charge in [0.1, 0.15) is 5.25 Å². The second-order valence-electron chi connectivity index (χ2n) is 7.46. The standard InChI is InChI=1S/C22H25N5OS/c1-16-11-12-19(17(2)15-16)27-22(23-24-25-27)29-20(18-9-5-3-6-10-18)21(28)26-13-7-4-8-14-26/h3,5-6,9-12,15,20H,4,7-8,13-14H2,1-2H3/t20-/m1/s1. The summed E-state index contributed by atoms with van der Waals surface area (Å²) in [7, 11) is 0. The normalized spacial score (nSPS) is 15.3. The molecule has 0 saturated carbocycles. The average molecular weight is 408 g/mol. The van der Waals surface area contributed by atoms with Crippen molar-refractivity contribution in [1.29, 1.82) is 0 Å². The van der Waals surface area contributed by atoms with Crippen LogP contribution < -0.4 is 0 Å². The van der Waals surface area contributed by atoms with Crippen molar-refractivity contribution in [3.8, 4) is 5.69 Å². The molecule has 0 N–H and O–H groups in total. The second kappa shape index (κ2) is 8.78. The van der Waals surface area contributed by atoms with Crippen molar-refractivity contribution in [1.82, 2.24) is 25.1 Å². The maximum absolute atomic E-state index is 13.4. The number of aryl methyl sites for hydroxylation is 2. The fraction of sp³-hybridized carbons (Fsp3) is 0.364. The molecule has 1 aromatic heterocycles. The second-order valence-corrected chi connectivity index (χ2v) is 8.53. The molecule has 1 aliphatic rings. The lowest BCUT2D eigenvalue weighted by atomic mass is 10.1. The topological polar surface area (TPSA) is 63.9 Å². The Hall–Kier alpha value is -2.67. The Kier molecular flexibility index (Phi) is 5.94. The van der Waals surface area contributed by atoms with Gasteiger partial charge in [0.25, 0.3) is 0 Å². The van der Waals surface area contributed by atoms with Crippen molar-refractivity contribution >= 4 is 17.7 Å². The first kappa shape index (κ1) is 19.6. The fourth-order valence-electron chi connectivity index (χ4n) is 3.72. The number of likely N-dealkylation sites (tertiary alicyclic amines) is 1. The van der Waals surface area contributed by atoms with Gasteiger partial charge in [-0.05, 0) is 60.7 Å². The Morgan fingerprint density at radius 3 is 2.52 bits per heavy atom. The first-order valence-corrected chi connectivity index (χ1v) is 10.9. The van der Waals surface area contributed by atoms with Crippen LogP contribution in [-0.2, 0) is 4.79 Å². The Morgan fingerprint density at radius 2 is 1.79 bits per heavy atom. The molecule has 150 valence electrons. The molecule has 1 amide bonds. The maximum atomic E-state index is 13.4. The van der Waals surface area contributed by atoms with Crippen LogP contribution >= 0.6 is 11.8 Å². The lowest BCUT2D eigenvalue weighted by molar-refractivity contribution is -0.131. The zero-order chi connectivity index (χ0) is 20.2. The average Bonchev–Trinajstić information content (AvgIpc) is 3.21. The van der Waals surface area contributed by atoms with Crippen molar-refractivity contribution < 1.29 is 4.79 Å². The summed E-state index contributed by atoms with van der Waals surface area (Å²) < 4.78 is 1.73. The molecule has 0 radical (unpaired) electrons. The van der Waals surface area contributed by atoms with E-state index in [1.165, 1.54) is 23.7 Å². The van der Waals surface area contributed by atoms with Gasteiger partial charge in [-0.25, -0.2) is 0 Å². The van der Waals surface area contributed by atoms with E-state index in [4.69, 9.17) is 0 Å². The molecule has 7 heteroatoms. The molecule has 6 nitrogen and oxygen atoms in total. The highest BCUT2D eigenvalue weighted by Crippen LogP contribution is 2.37. The van der Waals surface area contributed by atoms with E-state index in [1.807, 2.05) is 54.3 Å². The van der Waals surface area contributed by atoms with E-state index in [0.29, 0.717) is 5.16 Å². The molecule has 29 heavy (non-hydrogen) atoms. The number of hydrogen-bond donors (Lipinski definition) is 0. The van der Waals surface area contributed by atoms with Gasteiger partial charge >= 0.3 is 0 Å². The zero-order valence-electron chi connectivity index (χ0n) is 16.8. The summed E-state index contributed by atoms with van der Waals surface area (Å²) >= 11 is 1.42. The minimum Gasteiger partial charge on any atom is -0.341 e. The predicted molar refractivity (Wildman–Crippen MR) is 114 cm³/mol. The van der Waals surface area contributed by atoms with E-state index in [0.717, 1.165) is 42.7 Å². The van der Waals surface area contributed by atoms with Gasteiger partial charge in [-0.2, -0.15) is 4.68 Å². The largest absolute Gasteiger partial charge is 0.341 e. The number of thioether (sulfide) groups is 1. The van der Waals surface area contributed by atoms with Gasteiger partial charge in [0, 0.05) is 13.1 Å². The molecule has 0 unspecified atom stereocenters. The lowest BCUT2D eigenvalue weighted by Gasteiger charge is -2.30. The quantitative estimate of drug-likeness (QED) is 0.595. The Bertz CT molecular complexity index is 982. The third kappa shape index (κ3) is 4.34. The van der Waals surface area contributed by atoms with Crippen LogP contribution in [0.5, 0.6) is 0 Å². The number of nitrogens with zero attached hydrogens (tertiary/aromatic N) is 5. The number of amides is 1. The lowest BCUT2D eigenvalue weighted by Crippen LogP contribution is -2.38. The molecular formula is C22H25N5OS. The maximum Gasteiger partial charge on any atom is 0.240 e. The van der Waals surface area contributed by atoms with Gasteiger partial charge in [-0.3, -0.25) is 4.79 Å². The minimum absolute atomic E-state index is 0.135. The first-order valence-electron chi connectivity index (χ1n) is 10.00. The number of benzene rings is 2. The van der Waals surface area contributed by atoms with Crippen LogP contribution in [0.4, 0.5) is 0 Å². The molecule has 1 aliphatic heterocycles. The van der Waals surface area contributed by atoms with Crippen LogP contribution in [0.25, 0.3) is 5.69 Å². The number of carbonyl (C=O) groups is 1. The van der Waals surface area contributed by atoms with Crippen molar-refractivity contribution in [3.05, 3.63) is 65.2 Å². The number of piperidine rings is 1. The van der Waals surface area contributed by atoms with Crippen LogP contribution in [-0.4, -0.2) is 44.1 Å². The minimum atomic E-state index is -0.371. The van der Waals surface area contributed by atoms with E-state index >= 15 is 0 Å². The predicted octanol–water partition coefficient (Wildman–Crippen LogP) is 4.13. The van der Waals surface area contributed by atoms with E-state index < -0.39 is 0 Å². The number of carbonyl (C=O) groups excluding carboxylic acids is 1. The highest BCUT2D eigenvalue weighted by atomic mass is 32.2. The highest BCUT2D eigenvalue weighted by Gasteiger charge is 2.30. The van der Waals surface area contributed by atoms with Crippen LogP contribution in [0, 0.1) is 13.8 Å². The van der Waals surface area contributed by atoms with Crippen molar-refractivity contribution in [2.24, 2.45) is 0 Å². The van der Waals surface area contributed by atoms with Crippen LogP contribution in [0.1, 0.15) is 41.2 Å². The summed E-state index contributed by atoms with van der Waals surface area (Å²) in [6.45, 7) is 5.76. The van der Waals surface area contributed by atoms with Gasteiger partial charge in [-0.15, -0.1) is 5.10 Å². The summed E-state index contributed by atoms with van der Waals surface area (Å²) in [6.07, 6.45) is 3.33. The van der Waals surface area contributed by atoms with Crippen LogP contribution in [0.2, 0.25) is 0 Å². The molecule has 1 atom stereocenters. The van der Waals surface area contributed by atoms with E-state index in [9.17, 15) is 4.79 Å². The highest BCUT2D eigenvalue weighted by molar-refractivity contribution is 8.00. The zero-order valence-corrected chi connectivity index (χ0v) is 17.6. The summed E-state index contributed by atoms with van der Waals surface area (Å²) in [5.41, 5.74) is 4.19. The van der Waals surface area contributed by atoms with Gasteiger partial charge in [-0.1, -0.05) is 59.8 Å². The molecule has 1 saturated heterocycles. The van der Waals surface area contributed by atoms with E-state index in [2.05, 4.69) is 28.5 Å². The number of tetrazole rings is 1. The van der Waals surface area contributed by atoms with Gasteiger partial charge in [0.2, 0.25) is 11.1 Å². The number of aromatic nitrogens is 4. The molecule has 2 aromatic carbocycles. The van der Waals surface area contributed by atoms with E-state index in [-0.39, 0.29) is 11.2 Å². The molecule has 1 fully saturated rings. The van der Waals surface area contributed by atoms with E-state index in [1.54, 1.807) is 4.68 Å². The molecule has 4 rings (SSSR count). The molecule has 0 bridgehead atoms. The third-order valence-electron chi connectivity index (χ3n) is 5.24. The molecule has 3 aromatic rings. The third-order valence-corrected chi connectivity index (χ3v) is 6.41. The number of hydrogen-bond acceptors (Lipinski definition) is 5.